The first kappa shape index (κ1) is 15.0. The highest BCUT2D eigenvalue weighted by Crippen LogP contribution is 2.04. The Labute approximate surface area is 112 Å². The van der Waals surface area contributed by atoms with Crippen LogP contribution in [0.1, 0.15) is 12.0 Å². The lowest BCUT2D eigenvalue weighted by molar-refractivity contribution is -0.119. The summed E-state index contributed by atoms with van der Waals surface area (Å²) in [6, 6.07) is 8.81. The maximum Gasteiger partial charge on any atom is 0.407 e. The van der Waals surface area contributed by atoms with E-state index in [0.717, 1.165) is 16.9 Å². The number of carbonyl (C=O) groups is 2. The number of carbonyl (C=O) groups excluding carboxylic acids is 1. The van der Waals surface area contributed by atoms with Crippen molar-refractivity contribution in [1.82, 2.24) is 4.90 Å². The highest BCUT2D eigenvalue weighted by molar-refractivity contribution is 5.80. The van der Waals surface area contributed by atoms with Crippen molar-refractivity contribution in [3.8, 4) is 0 Å². The summed E-state index contributed by atoms with van der Waals surface area (Å²) < 4.78 is 0. The normalized spacial score (nSPS) is 11.8. The van der Waals surface area contributed by atoms with Crippen molar-refractivity contribution in [3.05, 3.63) is 35.9 Å². The molecule has 104 valence electrons. The first-order chi connectivity index (χ1) is 9.00. The summed E-state index contributed by atoms with van der Waals surface area (Å²) in [5.41, 5.74) is 11.6. The summed E-state index contributed by atoms with van der Waals surface area (Å²) in [6.45, 7) is 0.255. The molecule has 2 amide bonds. The standard InChI is InChI=1S/C13H19N3O3/c14-11(12(15)17)9-16(13(18)19)8-4-7-10-5-2-1-3-6-10/h1-3,5-6,11H,4,7-9,14H2,(H2,15,17)(H,18,19)/t11-/m1/s1. The number of primary amides is 1. The average Bonchev–Trinajstić information content (AvgIpc) is 2.38. The molecule has 0 saturated heterocycles. The van der Waals surface area contributed by atoms with Crippen LogP contribution >= 0.6 is 0 Å². The lowest BCUT2D eigenvalue weighted by Crippen LogP contribution is -2.47. The Morgan fingerprint density at radius 1 is 1.26 bits per heavy atom. The molecule has 0 aromatic heterocycles. The Kier molecular flexibility index (Phi) is 5.81. The summed E-state index contributed by atoms with van der Waals surface area (Å²) in [5, 5.41) is 9.02. The second-order valence-corrected chi connectivity index (χ2v) is 4.33. The van der Waals surface area contributed by atoms with Gasteiger partial charge in [-0.2, -0.15) is 0 Å². The molecule has 5 N–H and O–H groups in total. The van der Waals surface area contributed by atoms with Crippen LogP contribution in [-0.2, 0) is 11.2 Å². The molecular formula is C13H19N3O3. The quantitative estimate of drug-likeness (QED) is 0.663. The highest BCUT2D eigenvalue weighted by atomic mass is 16.4. The summed E-state index contributed by atoms with van der Waals surface area (Å²) >= 11 is 0. The number of carboxylic acid groups (broad SMARTS) is 1. The van der Waals surface area contributed by atoms with Gasteiger partial charge < -0.3 is 21.5 Å². The van der Waals surface area contributed by atoms with Gasteiger partial charge in [-0.05, 0) is 18.4 Å². The third-order valence-corrected chi connectivity index (χ3v) is 2.79. The van der Waals surface area contributed by atoms with E-state index in [1.54, 1.807) is 0 Å². The average molecular weight is 265 g/mol. The second-order valence-electron chi connectivity index (χ2n) is 4.33. The fourth-order valence-corrected chi connectivity index (χ4v) is 1.71. The molecule has 0 saturated carbocycles. The van der Waals surface area contributed by atoms with Gasteiger partial charge in [-0.25, -0.2) is 4.79 Å². The maximum atomic E-state index is 11.0. The van der Waals surface area contributed by atoms with Gasteiger partial charge in [-0.1, -0.05) is 30.3 Å². The van der Waals surface area contributed by atoms with Crippen molar-refractivity contribution in [2.75, 3.05) is 13.1 Å². The molecule has 0 aliphatic rings. The second kappa shape index (κ2) is 7.38. The first-order valence-corrected chi connectivity index (χ1v) is 6.07. The summed E-state index contributed by atoms with van der Waals surface area (Å²) in [7, 11) is 0. The van der Waals surface area contributed by atoms with Gasteiger partial charge in [0.15, 0.2) is 0 Å². The third kappa shape index (κ3) is 5.39. The van der Waals surface area contributed by atoms with Crippen LogP contribution in [0.5, 0.6) is 0 Å². The van der Waals surface area contributed by atoms with Gasteiger partial charge >= 0.3 is 6.09 Å². The molecule has 1 aromatic carbocycles. The lowest BCUT2D eigenvalue weighted by Gasteiger charge is -2.21. The first-order valence-electron chi connectivity index (χ1n) is 6.07. The zero-order valence-corrected chi connectivity index (χ0v) is 10.7. The van der Waals surface area contributed by atoms with Crippen LogP contribution in [0.15, 0.2) is 30.3 Å². The molecule has 0 bridgehead atoms. The monoisotopic (exact) mass is 265 g/mol. The molecule has 1 rings (SSSR count). The smallest absolute Gasteiger partial charge is 0.407 e. The molecule has 0 aliphatic carbocycles. The van der Waals surface area contributed by atoms with E-state index in [9.17, 15) is 9.59 Å². The Hall–Kier alpha value is -2.08. The van der Waals surface area contributed by atoms with Crippen molar-refractivity contribution >= 4 is 12.0 Å². The zero-order chi connectivity index (χ0) is 14.3. The van der Waals surface area contributed by atoms with Gasteiger partial charge in [0.25, 0.3) is 0 Å². The minimum Gasteiger partial charge on any atom is -0.465 e. The molecule has 6 nitrogen and oxygen atoms in total. The van der Waals surface area contributed by atoms with Gasteiger partial charge in [0.2, 0.25) is 5.91 Å². The Morgan fingerprint density at radius 3 is 2.42 bits per heavy atom. The molecule has 19 heavy (non-hydrogen) atoms. The number of benzene rings is 1. The van der Waals surface area contributed by atoms with E-state index in [1.165, 1.54) is 0 Å². The van der Waals surface area contributed by atoms with Gasteiger partial charge in [-0.3, -0.25) is 4.79 Å². The highest BCUT2D eigenvalue weighted by Gasteiger charge is 2.18. The van der Waals surface area contributed by atoms with E-state index in [-0.39, 0.29) is 6.54 Å². The number of nitrogens with zero attached hydrogens (tertiary/aromatic N) is 1. The molecule has 0 heterocycles. The van der Waals surface area contributed by atoms with Crippen LogP contribution in [-0.4, -0.2) is 41.1 Å². The molecule has 1 atom stereocenters. The van der Waals surface area contributed by atoms with Crippen LogP contribution < -0.4 is 11.5 Å². The summed E-state index contributed by atoms with van der Waals surface area (Å²) in [6.07, 6.45) is 0.350. The molecule has 1 aromatic rings. The van der Waals surface area contributed by atoms with E-state index in [2.05, 4.69) is 0 Å². The van der Waals surface area contributed by atoms with Crippen LogP contribution in [0.25, 0.3) is 0 Å². The molecule has 6 heteroatoms. The minimum absolute atomic E-state index is 0.0700. The summed E-state index contributed by atoms with van der Waals surface area (Å²) in [4.78, 5) is 23.0. The number of aryl methyl sites for hydroxylation is 1. The lowest BCUT2D eigenvalue weighted by atomic mass is 10.1. The molecule has 0 radical (unpaired) electrons. The molecule has 0 spiro atoms. The Morgan fingerprint density at radius 2 is 1.89 bits per heavy atom. The van der Waals surface area contributed by atoms with Crippen molar-refractivity contribution in [1.29, 1.82) is 0 Å². The summed E-state index contributed by atoms with van der Waals surface area (Å²) in [5.74, 6) is -0.700. The number of amides is 2. The molecular weight excluding hydrogens is 246 g/mol. The topological polar surface area (TPSA) is 110 Å². The third-order valence-electron chi connectivity index (χ3n) is 2.79. The number of hydrogen-bond donors (Lipinski definition) is 3. The number of hydrogen-bond acceptors (Lipinski definition) is 3. The van der Waals surface area contributed by atoms with Gasteiger partial charge in [0.05, 0.1) is 0 Å². The minimum atomic E-state index is -1.09. The Balaban J connectivity index is 2.42. The molecule has 0 fully saturated rings. The van der Waals surface area contributed by atoms with Crippen molar-refractivity contribution in [2.45, 2.75) is 18.9 Å². The van der Waals surface area contributed by atoms with Gasteiger partial charge in [0, 0.05) is 13.1 Å². The predicted octanol–water partition coefficient (Wildman–Crippen LogP) is 0.412. The van der Waals surface area contributed by atoms with Gasteiger partial charge in [0.1, 0.15) is 6.04 Å². The predicted molar refractivity (Wildman–Crippen MR) is 71.5 cm³/mol. The fourth-order valence-electron chi connectivity index (χ4n) is 1.71. The van der Waals surface area contributed by atoms with Crippen LogP contribution in [0, 0.1) is 0 Å². The van der Waals surface area contributed by atoms with E-state index in [1.807, 2.05) is 30.3 Å². The number of rotatable bonds is 7. The Bertz CT molecular complexity index is 422. The van der Waals surface area contributed by atoms with E-state index in [4.69, 9.17) is 16.6 Å². The molecule has 0 unspecified atom stereocenters. The zero-order valence-electron chi connectivity index (χ0n) is 10.7. The van der Waals surface area contributed by atoms with Crippen LogP contribution in [0.3, 0.4) is 0 Å². The van der Waals surface area contributed by atoms with Crippen LogP contribution in [0.2, 0.25) is 0 Å². The van der Waals surface area contributed by atoms with E-state index >= 15 is 0 Å². The van der Waals surface area contributed by atoms with Crippen molar-refractivity contribution in [2.24, 2.45) is 11.5 Å². The van der Waals surface area contributed by atoms with Crippen molar-refractivity contribution < 1.29 is 14.7 Å². The van der Waals surface area contributed by atoms with Crippen LogP contribution in [0.4, 0.5) is 4.79 Å². The van der Waals surface area contributed by atoms with Gasteiger partial charge in [-0.15, -0.1) is 0 Å². The fraction of sp³-hybridized carbons (Fsp3) is 0.385. The van der Waals surface area contributed by atoms with E-state index in [0.29, 0.717) is 13.0 Å². The van der Waals surface area contributed by atoms with E-state index < -0.39 is 18.0 Å². The SMILES string of the molecule is NC(=O)[C@H](N)CN(CCCc1ccccc1)C(=O)O. The maximum absolute atomic E-state index is 11.0. The number of nitrogens with two attached hydrogens (primary N) is 2. The molecule has 0 aliphatic heterocycles. The largest absolute Gasteiger partial charge is 0.465 e. The van der Waals surface area contributed by atoms with Crippen molar-refractivity contribution in [3.63, 3.8) is 0 Å².